The zero-order chi connectivity index (χ0) is 10.7. The molecule has 1 saturated carbocycles. The Kier molecular flexibility index (Phi) is 3.86. The molecule has 2 rings (SSSR count). The van der Waals surface area contributed by atoms with Crippen LogP contribution in [0.3, 0.4) is 0 Å². The van der Waals surface area contributed by atoms with Crippen LogP contribution in [0.15, 0.2) is 0 Å². The highest BCUT2D eigenvalue weighted by Crippen LogP contribution is 2.30. The van der Waals surface area contributed by atoms with Crippen LogP contribution in [0.4, 0.5) is 5.13 Å². The van der Waals surface area contributed by atoms with Gasteiger partial charge in [0, 0.05) is 29.2 Å². The number of hydrogen-bond acceptors (Lipinski definition) is 5. The van der Waals surface area contributed by atoms with Gasteiger partial charge in [-0.1, -0.05) is 6.92 Å². The van der Waals surface area contributed by atoms with E-state index in [2.05, 4.69) is 27.9 Å². The fourth-order valence-corrected chi connectivity index (χ4v) is 3.44. The second kappa shape index (κ2) is 5.16. The summed E-state index contributed by atoms with van der Waals surface area (Å²) >= 11 is 3.47. The number of aryl methyl sites for hydroxylation is 1. The molecule has 3 nitrogen and oxygen atoms in total. The second-order valence-corrected chi connectivity index (χ2v) is 5.77. The topological polar surface area (TPSA) is 37.8 Å². The molecule has 0 radical (unpaired) electrons. The van der Waals surface area contributed by atoms with Gasteiger partial charge in [0.1, 0.15) is 5.82 Å². The summed E-state index contributed by atoms with van der Waals surface area (Å²) in [5.41, 5.74) is 0. The first kappa shape index (κ1) is 11.2. The van der Waals surface area contributed by atoms with Gasteiger partial charge in [0.25, 0.3) is 0 Å². The van der Waals surface area contributed by atoms with Crippen molar-refractivity contribution in [2.75, 3.05) is 11.6 Å². The van der Waals surface area contributed by atoms with Crippen LogP contribution >= 0.6 is 23.3 Å². The van der Waals surface area contributed by atoms with Crippen molar-refractivity contribution < 1.29 is 0 Å². The van der Waals surface area contributed by atoms with Crippen LogP contribution in [-0.2, 0) is 6.42 Å². The molecule has 1 heterocycles. The standard InChI is InChI=1S/C10H17N3S2/c1-3-9-12-10(15-13-9)11-7-4-5-8(6-7)14-2/h7-8H,3-6H2,1-2H3,(H,11,12,13). The van der Waals surface area contributed by atoms with E-state index in [0.29, 0.717) is 6.04 Å². The minimum Gasteiger partial charge on any atom is -0.358 e. The molecule has 15 heavy (non-hydrogen) atoms. The maximum atomic E-state index is 4.43. The Morgan fingerprint density at radius 2 is 2.40 bits per heavy atom. The van der Waals surface area contributed by atoms with Crippen LogP contribution < -0.4 is 5.32 Å². The maximum Gasteiger partial charge on any atom is 0.202 e. The van der Waals surface area contributed by atoms with Crippen molar-refractivity contribution in [3.63, 3.8) is 0 Å². The average Bonchev–Trinajstić information content (AvgIpc) is 2.87. The van der Waals surface area contributed by atoms with Gasteiger partial charge < -0.3 is 5.32 Å². The van der Waals surface area contributed by atoms with E-state index in [1.165, 1.54) is 30.8 Å². The molecule has 5 heteroatoms. The van der Waals surface area contributed by atoms with Crippen LogP contribution in [0.25, 0.3) is 0 Å². The fourth-order valence-electron chi connectivity index (χ4n) is 1.92. The molecule has 1 N–H and O–H groups in total. The molecule has 1 aromatic rings. The smallest absolute Gasteiger partial charge is 0.202 e. The predicted molar refractivity (Wildman–Crippen MR) is 67.9 cm³/mol. The van der Waals surface area contributed by atoms with Crippen LogP contribution in [0.1, 0.15) is 32.0 Å². The number of nitrogens with zero attached hydrogens (tertiary/aromatic N) is 2. The molecule has 0 amide bonds. The van der Waals surface area contributed by atoms with E-state index in [-0.39, 0.29) is 0 Å². The zero-order valence-electron chi connectivity index (χ0n) is 9.19. The van der Waals surface area contributed by atoms with Gasteiger partial charge in [-0.3, -0.25) is 0 Å². The Hall–Kier alpha value is -0.290. The quantitative estimate of drug-likeness (QED) is 0.882. The molecule has 0 aliphatic heterocycles. The lowest BCUT2D eigenvalue weighted by Gasteiger charge is -2.10. The normalized spacial score (nSPS) is 25.7. The monoisotopic (exact) mass is 243 g/mol. The Morgan fingerprint density at radius 1 is 1.53 bits per heavy atom. The Bertz CT molecular complexity index is 313. The van der Waals surface area contributed by atoms with Crippen molar-refractivity contribution in [1.29, 1.82) is 0 Å². The SMILES string of the molecule is CCc1nsc(NC2CCC(SC)C2)n1. The van der Waals surface area contributed by atoms with E-state index in [4.69, 9.17) is 0 Å². The van der Waals surface area contributed by atoms with Crippen LogP contribution in [-0.4, -0.2) is 26.9 Å². The van der Waals surface area contributed by atoms with Crippen molar-refractivity contribution >= 4 is 28.4 Å². The highest BCUT2D eigenvalue weighted by molar-refractivity contribution is 7.99. The third-order valence-corrected chi connectivity index (χ3v) is 4.61. The highest BCUT2D eigenvalue weighted by atomic mass is 32.2. The summed E-state index contributed by atoms with van der Waals surface area (Å²) in [4.78, 5) is 4.43. The molecule has 84 valence electrons. The zero-order valence-corrected chi connectivity index (χ0v) is 10.8. The molecule has 2 unspecified atom stereocenters. The molecular formula is C10H17N3S2. The Balaban J connectivity index is 1.87. The summed E-state index contributed by atoms with van der Waals surface area (Å²) in [5, 5.41) is 5.32. The van der Waals surface area contributed by atoms with E-state index >= 15 is 0 Å². The Morgan fingerprint density at radius 3 is 3.00 bits per heavy atom. The van der Waals surface area contributed by atoms with E-state index in [1.807, 2.05) is 11.8 Å². The molecule has 1 aliphatic carbocycles. The number of thioether (sulfide) groups is 1. The largest absolute Gasteiger partial charge is 0.358 e. The van der Waals surface area contributed by atoms with Crippen molar-refractivity contribution in [2.45, 2.75) is 43.9 Å². The minimum atomic E-state index is 0.611. The van der Waals surface area contributed by atoms with Gasteiger partial charge in [0.15, 0.2) is 0 Å². The summed E-state index contributed by atoms with van der Waals surface area (Å²) in [6.07, 6.45) is 7.00. The van der Waals surface area contributed by atoms with Crippen molar-refractivity contribution in [3.05, 3.63) is 5.82 Å². The summed E-state index contributed by atoms with van der Waals surface area (Å²) in [6.45, 7) is 2.09. The van der Waals surface area contributed by atoms with E-state index in [9.17, 15) is 0 Å². The molecule has 0 spiro atoms. The average molecular weight is 243 g/mol. The van der Waals surface area contributed by atoms with Gasteiger partial charge in [-0.2, -0.15) is 16.1 Å². The molecule has 0 aromatic carbocycles. The molecule has 1 fully saturated rings. The summed E-state index contributed by atoms with van der Waals surface area (Å²) in [7, 11) is 0. The lowest BCUT2D eigenvalue weighted by Crippen LogP contribution is -2.15. The number of rotatable bonds is 4. The number of nitrogens with one attached hydrogen (secondary N) is 1. The van der Waals surface area contributed by atoms with E-state index in [1.54, 1.807) is 0 Å². The Labute approximate surface area is 99.2 Å². The minimum absolute atomic E-state index is 0.611. The predicted octanol–water partition coefficient (Wildman–Crippen LogP) is 2.80. The third-order valence-electron chi connectivity index (χ3n) is 2.83. The molecule has 1 aliphatic rings. The number of hydrogen-bond donors (Lipinski definition) is 1. The van der Waals surface area contributed by atoms with Crippen LogP contribution in [0.5, 0.6) is 0 Å². The lowest BCUT2D eigenvalue weighted by molar-refractivity contribution is 0.754. The first-order valence-electron chi connectivity index (χ1n) is 5.43. The first-order chi connectivity index (χ1) is 7.31. The first-order valence-corrected chi connectivity index (χ1v) is 7.50. The summed E-state index contributed by atoms with van der Waals surface area (Å²) in [5.74, 6) is 0.960. The van der Waals surface area contributed by atoms with Crippen molar-refractivity contribution in [2.24, 2.45) is 0 Å². The van der Waals surface area contributed by atoms with Gasteiger partial charge >= 0.3 is 0 Å². The molecular weight excluding hydrogens is 226 g/mol. The van der Waals surface area contributed by atoms with Gasteiger partial charge in [-0.25, -0.2) is 4.98 Å². The van der Waals surface area contributed by atoms with E-state index < -0.39 is 0 Å². The molecule has 0 saturated heterocycles. The van der Waals surface area contributed by atoms with Crippen LogP contribution in [0, 0.1) is 0 Å². The van der Waals surface area contributed by atoms with Gasteiger partial charge in [0.2, 0.25) is 5.13 Å². The molecule has 0 bridgehead atoms. The second-order valence-electron chi connectivity index (χ2n) is 3.88. The van der Waals surface area contributed by atoms with Crippen molar-refractivity contribution in [3.8, 4) is 0 Å². The van der Waals surface area contributed by atoms with Crippen molar-refractivity contribution in [1.82, 2.24) is 9.36 Å². The van der Waals surface area contributed by atoms with Crippen LogP contribution in [0.2, 0.25) is 0 Å². The lowest BCUT2D eigenvalue weighted by atomic mass is 10.3. The number of anilines is 1. The summed E-state index contributed by atoms with van der Waals surface area (Å²) < 4.78 is 4.28. The third kappa shape index (κ3) is 2.84. The molecule has 2 atom stereocenters. The highest BCUT2D eigenvalue weighted by Gasteiger charge is 2.24. The van der Waals surface area contributed by atoms with Gasteiger partial charge in [-0.05, 0) is 25.5 Å². The maximum absolute atomic E-state index is 4.43. The molecule has 1 aromatic heterocycles. The van der Waals surface area contributed by atoms with E-state index in [0.717, 1.165) is 22.6 Å². The van der Waals surface area contributed by atoms with Gasteiger partial charge in [-0.15, -0.1) is 0 Å². The summed E-state index contributed by atoms with van der Waals surface area (Å²) in [6, 6.07) is 0.611. The fraction of sp³-hybridized carbons (Fsp3) is 0.800. The number of aromatic nitrogens is 2. The van der Waals surface area contributed by atoms with Gasteiger partial charge in [0.05, 0.1) is 0 Å².